The minimum atomic E-state index is -3.08. The molecule has 0 aliphatic carbocycles. The van der Waals surface area contributed by atoms with Gasteiger partial charge in [-0.15, -0.1) is 0 Å². The normalized spacial score (nSPS) is 11.4. The molecule has 0 aliphatic heterocycles. The molecule has 0 atom stereocenters. The van der Waals surface area contributed by atoms with Crippen LogP contribution in [-0.2, 0) is 9.84 Å². The first kappa shape index (κ1) is 13.4. The number of para-hydroxylation sites is 1. The fourth-order valence-electron chi connectivity index (χ4n) is 1.65. The van der Waals surface area contributed by atoms with Gasteiger partial charge in [-0.1, -0.05) is 19.1 Å². The summed E-state index contributed by atoms with van der Waals surface area (Å²) in [6.45, 7) is 1.59. The maximum atomic E-state index is 11.4. The van der Waals surface area contributed by atoms with Crippen molar-refractivity contribution < 1.29 is 17.6 Å². The van der Waals surface area contributed by atoms with Gasteiger partial charge in [0.15, 0.2) is 15.6 Å². The third-order valence-corrected chi connectivity index (χ3v) is 4.40. The van der Waals surface area contributed by atoms with Crippen molar-refractivity contribution >= 4 is 20.8 Å². The second-order valence-corrected chi connectivity index (χ2v) is 6.43. The van der Waals surface area contributed by atoms with Crippen molar-refractivity contribution in [2.45, 2.75) is 6.92 Å². The molecule has 0 aliphatic rings. The second kappa shape index (κ2) is 5.33. The van der Waals surface area contributed by atoms with E-state index in [1.54, 1.807) is 31.2 Å². The van der Waals surface area contributed by atoms with Gasteiger partial charge in [0.2, 0.25) is 5.76 Å². The maximum absolute atomic E-state index is 11.4. The minimum absolute atomic E-state index is 0.00831. The molecule has 1 aromatic carbocycles. The highest BCUT2D eigenvalue weighted by atomic mass is 32.2. The van der Waals surface area contributed by atoms with Gasteiger partial charge < -0.3 is 9.15 Å². The Kier molecular flexibility index (Phi) is 3.76. The van der Waals surface area contributed by atoms with Gasteiger partial charge in [0.1, 0.15) is 18.3 Å². The molecule has 0 saturated carbocycles. The first-order chi connectivity index (χ1) is 9.07. The largest absolute Gasteiger partial charge is 0.487 e. The number of rotatable bonds is 5. The van der Waals surface area contributed by atoms with E-state index in [4.69, 9.17) is 14.4 Å². The summed E-state index contributed by atoms with van der Waals surface area (Å²) in [5, 5.41) is 9.66. The molecule has 5 nitrogen and oxygen atoms in total. The smallest absolute Gasteiger partial charge is 0.246 e. The molecule has 0 N–H and O–H groups in total. The van der Waals surface area contributed by atoms with Crippen molar-refractivity contribution in [3.63, 3.8) is 0 Å². The van der Waals surface area contributed by atoms with Gasteiger partial charge in [0.05, 0.1) is 11.1 Å². The monoisotopic (exact) mass is 279 g/mol. The molecular formula is C13H13NO4S. The highest BCUT2D eigenvalue weighted by Gasteiger charge is 2.16. The first-order valence-corrected chi connectivity index (χ1v) is 7.64. The van der Waals surface area contributed by atoms with E-state index in [-0.39, 0.29) is 23.9 Å². The minimum Gasteiger partial charge on any atom is -0.487 e. The van der Waals surface area contributed by atoms with Crippen LogP contribution in [0, 0.1) is 11.3 Å². The summed E-state index contributed by atoms with van der Waals surface area (Å²) in [5.41, 5.74) is 0.549. The molecule has 6 heteroatoms. The van der Waals surface area contributed by atoms with Crippen molar-refractivity contribution in [1.29, 1.82) is 5.26 Å². The van der Waals surface area contributed by atoms with Gasteiger partial charge in [0, 0.05) is 5.75 Å². The predicted molar refractivity (Wildman–Crippen MR) is 70.8 cm³/mol. The standard InChI is InChI=1S/C13H13NO4S/c1-2-19(15,16)8-7-17-13-10-5-3-4-6-11(10)18-12(13)9-14/h3-6H,2,7-8H2,1H3. The molecule has 100 valence electrons. The summed E-state index contributed by atoms with van der Waals surface area (Å²) in [6, 6.07) is 8.99. The average Bonchev–Trinajstić information content (AvgIpc) is 2.77. The van der Waals surface area contributed by atoms with E-state index in [1.807, 2.05) is 6.07 Å². The van der Waals surface area contributed by atoms with Crippen LogP contribution < -0.4 is 4.74 Å². The van der Waals surface area contributed by atoms with E-state index in [9.17, 15) is 8.42 Å². The van der Waals surface area contributed by atoms with Gasteiger partial charge in [0.25, 0.3) is 0 Å². The lowest BCUT2D eigenvalue weighted by Gasteiger charge is -2.04. The average molecular weight is 279 g/mol. The van der Waals surface area contributed by atoms with Crippen molar-refractivity contribution in [2.75, 3.05) is 18.1 Å². The van der Waals surface area contributed by atoms with Crippen LogP contribution in [0.4, 0.5) is 0 Å². The van der Waals surface area contributed by atoms with Crippen molar-refractivity contribution in [1.82, 2.24) is 0 Å². The lowest BCUT2D eigenvalue weighted by atomic mass is 10.2. The molecule has 2 rings (SSSR count). The number of furan rings is 1. The second-order valence-electron chi connectivity index (χ2n) is 3.95. The zero-order chi connectivity index (χ0) is 13.9. The first-order valence-electron chi connectivity index (χ1n) is 5.82. The molecule has 0 bridgehead atoms. The quantitative estimate of drug-likeness (QED) is 0.837. The molecule has 1 aromatic heterocycles. The van der Waals surface area contributed by atoms with Crippen LogP contribution in [-0.4, -0.2) is 26.5 Å². The van der Waals surface area contributed by atoms with Crippen LogP contribution in [0.3, 0.4) is 0 Å². The van der Waals surface area contributed by atoms with Crippen molar-refractivity contribution in [2.24, 2.45) is 0 Å². The lowest BCUT2D eigenvalue weighted by molar-refractivity contribution is 0.337. The number of hydrogen-bond acceptors (Lipinski definition) is 5. The highest BCUT2D eigenvalue weighted by molar-refractivity contribution is 7.91. The third kappa shape index (κ3) is 2.88. The molecule has 0 spiro atoms. The highest BCUT2D eigenvalue weighted by Crippen LogP contribution is 2.32. The number of sulfone groups is 1. The van der Waals surface area contributed by atoms with Crippen LogP contribution in [0.25, 0.3) is 11.0 Å². The SMILES string of the molecule is CCS(=O)(=O)CCOc1c(C#N)oc2ccccc12. The van der Waals surface area contributed by atoms with Gasteiger partial charge in [-0.05, 0) is 12.1 Å². The Bertz CT molecular complexity index is 725. The van der Waals surface area contributed by atoms with Gasteiger partial charge >= 0.3 is 0 Å². The van der Waals surface area contributed by atoms with Crippen LogP contribution in [0.2, 0.25) is 0 Å². The summed E-state index contributed by atoms with van der Waals surface area (Å²) in [5.74, 6) is 0.376. The fraction of sp³-hybridized carbons (Fsp3) is 0.308. The molecule has 0 fully saturated rings. The molecule has 0 unspecified atom stereocenters. The number of nitrogens with zero attached hydrogens (tertiary/aromatic N) is 1. The molecule has 19 heavy (non-hydrogen) atoms. The Hall–Kier alpha value is -2.00. The Morgan fingerprint density at radius 2 is 2.11 bits per heavy atom. The summed E-state index contributed by atoms with van der Waals surface area (Å²) >= 11 is 0. The van der Waals surface area contributed by atoms with Crippen LogP contribution >= 0.6 is 0 Å². The molecule has 0 amide bonds. The zero-order valence-electron chi connectivity index (χ0n) is 10.4. The van der Waals surface area contributed by atoms with E-state index in [2.05, 4.69) is 0 Å². The third-order valence-electron chi connectivity index (χ3n) is 2.73. The lowest BCUT2D eigenvalue weighted by Crippen LogP contribution is -2.15. The zero-order valence-corrected chi connectivity index (χ0v) is 11.2. The number of nitriles is 1. The van der Waals surface area contributed by atoms with E-state index in [0.29, 0.717) is 16.7 Å². The number of benzene rings is 1. The maximum Gasteiger partial charge on any atom is 0.246 e. The van der Waals surface area contributed by atoms with E-state index in [1.165, 1.54) is 0 Å². The van der Waals surface area contributed by atoms with Crippen LogP contribution in [0.5, 0.6) is 5.75 Å². The van der Waals surface area contributed by atoms with E-state index in [0.717, 1.165) is 0 Å². The number of hydrogen-bond donors (Lipinski definition) is 0. The Morgan fingerprint density at radius 1 is 1.37 bits per heavy atom. The summed E-state index contributed by atoms with van der Waals surface area (Å²) in [4.78, 5) is 0. The Morgan fingerprint density at radius 3 is 2.79 bits per heavy atom. The van der Waals surface area contributed by atoms with E-state index >= 15 is 0 Å². The molecule has 0 saturated heterocycles. The summed E-state index contributed by atoms with van der Waals surface area (Å²) in [6.07, 6.45) is 0. The molecule has 2 aromatic rings. The summed E-state index contributed by atoms with van der Waals surface area (Å²) < 4.78 is 33.5. The van der Waals surface area contributed by atoms with Crippen molar-refractivity contribution in [3.05, 3.63) is 30.0 Å². The summed E-state index contributed by atoms with van der Waals surface area (Å²) in [7, 11) is -3.08. The Labute approximate surface area is 111 Å². The van der Waals surface area contributed by atoms with E-state index < -0.39 is 9.84 Å². The van der Waals surface area contributed by atoms with Crippen LogP contribution in [0.1, 0.15) is 12.7 Å². The Balaban J connectivity index is 2.23. The molecule has 0 radical (unpaired) electrons. The van der Waals surface area contributed by atoms with Gasteiger partial charge in [-0.25, -0.2) is 8.42 Å². The number of ether oxygens (including phenoxy) is 1. The number of fused-ring (bicyclic) bond motifs is 1. The fourth-order valence-corrected chi connectivity index (χ4v) is 2.28. The predicted octanol–water partition coefficient (Wildman–Crippen LogP) is 2.12. The molecular weight excluding hydrogens is 266 g/mol. The molecule has 1 heterocycles. The van der Waals surface area contributed by atoms with Gasteiger partial charge in [-0.2, -0.15) is 5.26 Å². The van der Waals surface area contributed by atoms with Crippen LogP contribution in [0.15, 0.2) is 28.7 Å². The topological polar surface area (TPSA) is 80.3 Å². The van der Waals surface area contributed by atoms with Crippen molar-refractivity contribution in [3.8, 4) is 11.8 Å². The van der Waals surface area contributed by atoms with Gasteiger partial charge in [-0.3, -0.25) is 0 Å².